The van der Waals surface area contributed by atoms with Gasteiger partial charge in [-0.1, -0.05) is 42.5 Å². The van der Waals surface area contributed by atoms with Crippen molar-refractivity contribution in [1.82, 2.24) is 0 Å². The van der Waals surface area contributed by atoms with E-state index in [1.165, 1.54) is 0 Å². The van der Waals surface area contributed by atoms with Crippen LogP contribution in [0.2, 0.25) is 0 Å². The molecule has 25 heavy (non-hydrogen) atoms. The smallest absolute Gasteiger partial charge is 0.168 e. The minimum atomic E-state index is -1.18. The van der Waals surface area contributed by atoms with Crippen LogP contribution in [0.4, 0.5) is 5.69 Å². The molecule has 0 radical (unpaired) electrons. The Morgan fingerprint density at radius 2 is 1.24 bits per heavy atom. The number of anilines is 1. The number of nitrogens with zero attached hydrogens (tertiary/aromatic N) is 2. The molecule has 0 amide bonds. The van der Waals surface area contributed by atoms with E-state index in [0.717, 1.165) is 22.4 Å². The molecule has 1 N–H and O–H groups in total. The predicted octanol–water partition coefficient (Wildman–Crippen LogP) is -0.135. The van der Waals surface area contributed by atoms with E-state index in [1.807, 2.05) is 110 Å². The van der Waals surface area contributed by atoms with Gasteiger partial charge in [-0.05, 0) is 23.3 Å². The highest BCUT2D eigenvalue weighted by atomic mass is 127. The third kappa shape index (κ3) is 3.85. The summed E-state index contributed by atoms with van der Waals surface area (Å²) in [5.74, 6) is 0. The van der Waals surface area contributed by atoms with E-state index >= 15 is 0 Å². The molecule has 0 spiro atoms. The van der Waals surface area contributed by atoms with Crippen molar-refractivity contribution in [2.75, 3.05) is 19.0 Å². The van der Waals surface area contributed by atoms with Gasteiger partial charge in [0.2, 0.25) is 0 Å². The van der Waals surface area contributed by atoms with Crippen molar-refractivity contribution >= 4 is 5.69 Å². The molecule has 0 saturated heterocycles. The summed E-state index contributed by atoms with van der Waals surface area (Å²) >= 11 is 0. The maximum Gasteiger partial charge on any atom is 0.168 e. The van der Waals surface area contributed by atoms with E-state index in [4.69, 9.17) is 0 Å². The fourth-order valence-electron chi connectivity index (χ4n) is 2.92. The Morgan fingerprint density at radius 3 is 1.76 bits per heavy atom. The second kappa shape index (κ2) is 7.97. The molecule has 1 heterocycles. The molecule has 4 heteroatoms. The van der Waals surface area contributed by atoms with Gasteiger partial charge in [0.25, 0.3) is 0 Å². The number of rotatable bonds is 4. The van der Waals surface area contributed by atoms with Crippen LogP contribution in [0.5, 0.6) is 0 Å². The van der Waals surface area contributed by atoms with Crippen LogP contribution >= 0.6 is 0 Å². The van der Waals surface area contributed by atoms with Gasteiger partial charge in [-0.3, -0.25) is 0 Å². The molecule has 3 rings (SSSR count). The second-order valence-electron chi connectivity index (χ2n) is 6.27. The van der Waals surface area contributed by atoms with E-state index < -0.39 is 5.60 Å². The molecular formula is C21H23IN2O. The summed E-state index contributed by atoms with van der Waals surface area (Å²) in [7, 11) is 5.99. The van der Waals surface area contributed by atoms with Crippen molar-refractivity contribution in [3.63, 3.8) is 0 Å². The fourth-order valence-corrected chi connectivity index (χ4v) is 2.92. The average molecular weight is 446 g/mol. The first-order valence-corrected chi connectivity index (χ1v) is 8.03. The monoisotopic (exact) mass is 446 g/mol. The first kappa shape index (κ1) is 19.4. The van der Waals surface area contributed by atoms with Crippen LogP contribution in [0.1, 0.15) is 16.7 Å². The van der Waals surface area contributed by atoms with Crippen molar-refractivity contribution in [3.05, 3.63) is 95.8 Å². The SMILES string of the molecule is CN(C)c1ccc(C(O)(c2ccccc2)c2cc[n+](C)cc2)cc1.[I-]. The molecule has 0 fully saturated rings. The Labute approximate surface area is 166 Å². The molecule has 1 unspecified atom stereocenters. The summed E-state index contributed by atoms with van der Waals surface area (Å²) in [4.78, 5) is 2.05. The molecule has 2 aromatic carbocycles. The average Bonchev–Trinajstić information content (AvgIpc) is 2.62. The highest BCUT2D eigenvalue weighted by Crippen LogP contribution is 2.36. The Balaban J connectivity index is 0.00000225. The highest BCUT2D eigenvalue weighted by molar-refractivity contribution is 5.52. The van der Waals surface area contributed by atoms with E-state index in [1.54, 1.807) is 0 Å². The standard InChI is InChI=1S/C21H23N2O.HI/c1-22(2)20-11-9-18(10-12-20)21(24,17-7-5-4-6-8-17)19-13-15-23(3)16-14-19;/h4-16,24H,1-3H3;1H/q+1;/p-1. The zero-order valence-electron chi connectivity index (χ0n) is 14.7. The molecule has 0 bridgehead atoms. The lowest BCUT2D eigenvalue weighted by atomic mass is 9.81. The molecule has 1 aromatic heterocycles. The van der Waals surface area contributed by atoms with Crippen molar-refractivity contribution < 1.29 is 33.7 Å². The normalized spacial score (nSPS) is 12.8. The maximum atomic E-state index is 11.7. The van der Waals surface area contributed by atoms with Gasteiger partial charge < -0.3 is 34.0 Å². The van der Waals surface area contributed by atoms with Gasteiger partial charge in [0.05, 0.1) is 0 Å². The van der Waals surface area contributed by atoms with Crippen LogP contribution in [0.15, 0.2) is 79.1 Å². The number of aromatic nitrogens is 1. The summed E-state index contributed by atoms with van der Waals surface area (Å²) in [5.41, 5.74) is 2.49. The summed E-state index contributed by atoms with van der Waals surface area (Å²) < 4.78 is 1.96. The molecule has 1 atom stereocenters. The summed E-state index contributed by atoms with van der Waals surface area (Å²) in [5, 5.41) is 11.7. The van der Waals surface area contributed by atoms with Crippen LogP contribution in [-0.4, -0.2) is 19.2 Å². The number of aryl methyl sites for hydroxylation is 1. The van der Waals surface area contributed by atoms with Crippen LogP contribution in [0.25, 0.3) is 0 Å². The van der Waals surface area contributed by atoms with E-state index in [-0.39, 0.29) is 24.0 Å². The molecule has 130 valence electrons. The molecular weight excluding hydrogens is 423 g/mol. The topological polar surface area (TPSA) is 27.3 Å². The molecule has 0 aliphatic heterocycles. The van der Waals surface area contributed by atoms with Crippen molar-refractivity contribution in [2.24, 2.45) is 7.05 Å². The molecule has 0 aliphatic rings. The van der Waals surface area contributed by atoms with E-state index in [0.29, 0.717) is 0 Å². The van der Waals surface area contributed by atoms with Gasteiger partial charge in [0.1, 0.15) is 12.6 Å². The Kier molecular flexibility index (Phi) is 6.19. The Morgan fingerprint density at radius 1 is 0.760 bits per heavy atom. The van der Waals surface area contributed by atoms with Crippen molar-refractivity contribution in [1.29, 1.82) is 0 Å². The molecule has 3 nitrogen and oxygen atoms in total. The van der Waals surface area contributed by atoms with Crippen LogP contribution in [0.3, 0.4) is 0 Å². The number of benzene rings is 2. The highest BCUT2D eigenvalue weighted by Gasteiger charge is 2.34. The van der Waals surface area contributed by atoms with Gasteiger partial charge in [0.15, 0.2) is 12.4 Å². The Bertz CT molecular complexity index is 802. The number of hydrogen-bond acceptors (Lipinski definition) is 2. The minimum Gasteiger partial charge on any atom is -1.00 e. The third-order valence-electron chi connectivity index (χ3n) is 4.39. The van der Waals surface area contributed by atoms with Gasteiger partial charge in [0, 0.05) is 37.5 Å². The lowest BCUT2D eigenvalue weighted by Gasteiger charge is -2.30. The summed E-state index contributed by atoms with van der Waals surface area (Å²) in [6, 6.07) is 21.8. The molecule has 0 aliphatic carbocycles. The van der Waals surface area contributed by atoms with Gasteiger partial charge in [-0.15, -0.1) is 0 Å². The van der Waals surface area contributed by atoms with E-state index in [2.05, 4.69) is 0 Å². The first-order valence-electron chi connectivity index (χ1n) is 8.03. The zero-order chi connectivity index (χ0) is 17.2. The lowest BCUT2D eigenvalue weighted by Crippen LogP contribution is -3.00. The number of aliphatic hydroxyl groups is 1. The van der Waals surface area contributed by atoms with Crippen LogP contribution in [0, 0.1) is 0 Å². The number of halogens is 1. The fraction of sp³-hybridized carbons (Fsp3) is 0.190. The Hall–Kier alpha value is -1.92. The van der Waals surface area contributed by atoms with Gasteiger partial charge in [-0.2, -0.15) is 0 Å². The van der Waals surface area contributed by atoms with Crippen molar-refractivity contribution in [2.45, 2.75) is 5.60 Å². The number of hydrogen-bond donors (Lipinski definition) is 1. The maximum absolute atomic E-state index is 11.7. The van der Waals surface area contributed by atoms with Crippen LogP contribution in [-0.2, 0) is 12.6 Å². The van der Waals surface area contributed by atoms with Gasteiger partial charge in [-0.25, -0.2) is 4.57 Å². The zero-order valence-corrected chi connectivity index (χ0v) is 16.9. The second-order valence-corrected chi connectivity index (χ2v) is 6.27. The minimum absolute atomic E-state index is 0. The first-order chi connectivity index (χ1) is 11.5. The summed E-state index contributed by atoms with van der Waals surface area (Å²) in [6.07, 6.45) is 3.91. The van der Waals surface area contributed by atoms with Crippen molar-refractivity contribution in [3.8, 4) is 0 Å². The lowest BCUT2D eigenvalue weighted by molar-refractivity contribution is -0.671. The van der Waals surface area contributed by atoms with Gasteiger partial charge >= 0.3 is 0 Å². The largest absolute Gasteiger partial charge is 1.00 e. The summed E-state index contributed by atoms with van der Waals surface area (Å²) in [6.45, 7) is 0. The molecule has 3 aromatic rings. The quantitative estimate of drug-likeness (QED) is 0.447. The number of pyridine rings is 1. The van der Waals surface area contributed by atoms with E-state index in [9.17, 15) is 5.11 Å². The third-order valence-corrected chi connectivity index (χ3v) is 4.39. The van der Waals surface area contributed by atoms with Crippen LogP contribution < -0.4 is 33.4 Å². The predicted molar refractivity (Wildman–Crippen MR) is 96.9 cm³/mol. The molecule has 0 saturated carbocycles.